The molecule has 1 atom stereocenters. The Morgan fingerprint density at radius 3 is 2.06 bits per heavy atom. The zero-order chi connectivity index (χ0) is 14.1. The molecule has 1 aliphatic carbocycles. The molecule has 106 valence electrons. The van der Waals surface area contributed by atoms with Crippen LogP contribution in [-0.4, -0.2) is 35.1 Å². The number of carbonyl (C=O) groups is 1. The van der Waals surface area contributed by atoms with Gasteiger partial charge in [-0.25, -0.2) is 0 Å². The van der Waals surface area contributed by atoms with E-state index in [1.54, 1.807) is 0 Å². The summed E-state index contributed by atoms with van der Waals surface area (Å²) in [5.41, 5.74) is 0.606. The molecular weight excluding hydrogens is 226 g/mol. The molecule has 0 radical (unpaired) electrons. The molecule has 3 heteroatoms. The summed E-state index contributed by atoms with van der Waals surface area (Å²) in [5.74, 6) is -0.693. The van der Waals surface area contributed by atoms with Gasteiger partial charge in [-0.2, -0.15) is 0 Å². The summed E-state index contributed by atoms with van der Waals surface area (Å²) in [6, 6.07) is 0.0319. The Balaban J connectivity index is 2.85. The van der Waals surface area contributed by atoms with Crippen molar-refractivity contribution in [3.05, 3.63) is 0 Å². The first-order valence-corrected chi connectivity index (χ1v) is 7.03. The molecule has 0 heterocycles. The fraction of sp³-hybridized carbons (Fsp3) is 0.933. The topological polar surface area (TPSA) is 40.5 Å². The molecule has 0 aliphatic heterocycles. The lowest BCUT2D eigenvalue weighted by atomic mass is 9.63. The lowest BCUT2D eigenvalue weighted by Gasteiger charge is -2.48. The molecule has 0 aromatic carbocycles. The van der Waals surface area contributed by atoms with Crippen molar-refractivity contribution in [2.24, 2.45) is 10.8 Å². The van der Waals surface area contributed by atoms with E-state index in [1.165, 1.54) is 6.42 Å². The molecule has 0 aromatic rings. The molecule has 0 aromatic heterocycles. The van der Waals surface area contributed by atoms with Gasteiger partial charge >= 0.3 is 5.97 Å². The fourth-order valence-corrected chi connectivity index (χ4v) is 3.97. The Morgan fingerprint density at radius 2 is 1.72 bits per heavy atom. The molecule has 1 fully saturated rings. The van der Waals surface area contributed by atoms with Crippen LogP contribution in [0.5, 0.6) is 0 Å². The van der Waals surface area contributed by atoms with E-state index < -0.39 is 5.97 Å². The SMILES string of the molecule is CCC(C(=O)O)N(C)C1CC(C)(C)CC(C)(C)C1. The molecule has 1 N–H and O–H groups in total. The highest BCUT2D eigenvalue weighted by molar-refractivity contribution is 5.73. The van der Waals surface area contributed by atoms with Crippen molar-refractivity contribution in [2.45, 2.75) is 72.4 Å². The number of rotatable bonds is 4. The van der Waals surface area contributed by atoms with Gasteiger partial charge in [0.15, 0.2) is 0 Å². The van der Waals surface area contributed by atoms with Crippen molar-refractivity contribution < 1.29 is 9.90 Å². The van der Waals surface area contributed by atoms with Gasteiger partial charge in [0.2, 0.25) is 0 Å². The summed E-state index contributed by atoms with van der Waals surface area (Å²) in [7, 11) is 1.98. The van der Waals surface area contributed by atoms with Crippen LogP contribution in [0.3, 0.4) is 0 Å². The van der Waals surface area contributed by atoms with Crippen LogP contribution < -0.4 is 0 Å². The molecule has 0 spiro atoms. The maximum absolute atomic E-state index is 11.3. The van der Waals surface area contributed by atoms with Crippen molar-refractivity contribution in [3.63, 3.8) is 0 Å². The Labute approximate surface area is 112 Å². The zero-order valence-corrected chi connectivity index (χ0v) is 12.8. The second-order valence-corrected chi connectivity index (χ2v) is 7.50. The zero-order valence-electron chi connectivity index (χ0n) is 12.8. The van der Waals surface area contributed by atoms with Gasteiger partial charge in [0, 0.05) is 6.04 Å². The third-order valence-corrected chi connectivity index (χ3v) is 4.27. The van der Waals surface area contributed by atoms with Crippen LogP contribution in [0.2, 0.25) is 0 Å². The number of hydrogen-bond donors (Lipinski definition) is 1. The average molecular weight is 255 g/mol. The smallest absolute Gasteiger partial charge is 0.320 e. The van der Waals surface area contributed by atoms with Crippen molar-refractivity contribution in [3.8, 4) is 0 Å². The number of carboxylic acids is 1. The van der Waals surface area contributed by atoms with Crippen LogP contribution in [0.1, 0.15) is 60.3 Å². The van der Waals surface area contributed by atoms with Crippen LogP contribution in [0, 0.1) is 10.8 Å². The summed E-state index contributed by atoms with van der Waals surface area (Å²) >= 11 is 0. The van der Waals surface area contributed by atoms with Crippen LogP contribution in [0.15, 0.2) is 0 Å². The Morgan fingerprint density at radius 1 is 1.28 bits per heavy atom. The average Bonchev–Trinajstić information content (AvgIpc) is 2.12. The van der Waals surface area contributed by atoms with E-state index in [0.29, 0.717) is 23.3 Å². The second-order valence-electron chi connectivity index (χ2n) is 7.50. The van der Waals surface area contributed by atoms with Gasteiger partial charge in [-0.05, 0) is 43.6 Å². The minimum Gasteiger partial charge on any atom is -0.480 e. The normalized spacial score (nSPS) is 25.1. The van der Waals surface area contributed by atoms with Gasteiger partial charge in [-0.1, -0.05) is 34.6 Å². The molecule has 3 nitrogen and oxygen atoms in total. The van der Waals surface area contributed by atoms with Gasteiger partial charge < -0.3 is 5.11 Å². The van der Waals surface area contributed by atoms with E-state index >= 15 is 0 Å². The number of aliphatic carboxylic acids is 1. The first-order chi connectivity index (χ1) is 8.08. The van der Waals surface area contributed by atoms with E-state index in [0.717, 1.165) is 12.8 Å². The summed E-state index contributed by atoms with van der Waals surface area (Å²) in [6.07, 6.45) is 4.07. The third-order valence-electron chi connectivity index (χ3n) is 4.27. The Hall–Kier alpha value is -0.570. The molecule has 1 aliphatic rings. The van der Waals surface area contributed by atoms with Crippen molar-refractivity contribution in [2.75, 3.05) is 7.05 Å². The number of carboxylic acid groups (broad SMARTS) is 1. The summed E-state index contributed by atoms with van der Waals surface area (Å²) < 4.78 is 0. The van der Waals surface area contributed by atoms with Gasteiger partial charge in [0.25, 0.3) is 0 Å². The van der Waals surface area contributed by atoms with Crippen molar-refractivity contribution in [1.29, 1.82) is 0 Å². The highest BCUT2D eigenvalue weighted by atomic mass is 16.4. The largest absolute Gasteiger partial charge is 0.480 e. The molecule has 1 saturated carbocycles. The van der Waals surface area contributed by atoms with E-state index in [2.05, 4.69) is 32.6 Å². The fourth-order valence-electron chi connectivity index (χ4n) is 3.97. The monoisotopic (exact) mass is 255 g/mol. The molecular formula is C15H29NO2. The predicted octanol–water partition coefficient (Wildman–Crippen LogP) is 3.39. The predicted molar refractivity (Wildman–Crippen MR) is 74.7 cm³/mol. The molecule has 18 heavy (non-hydrogen) atoms. The Bertz CT molecular complexity index is 294. The lowest BCUT2D eigenvalue weighted by Crippen LogP contribution is -2.50. The van der Waals surface area contributed by atoms with Gasteiger partial charge in [-0.3, -0.25) is 9.69 Å². The number of likely N-dealkylation sites (N-methyl/N-ethyl adjacent to an activating group) is 1. The number of hydrogen-bond acceptors (Lipinski definition) is 2. The molecule has 0 saturated heterocycles. The van der Waals surface area contributed by atoms with E-state index in [1.807, 2.05) is 14.0 Å². The summed E-state index contributed by atoms with van der Waals surface area (Å²) in [5, 5.41) is 9.29. The van der Waals surface area contributed by atoms with Gasteiger partial charge in [0.05, 0.1) is 0 Å². The number of nitrogens with zero attached hydrogens (tertiary/aromatic N) is 1. The first-order valence-electron chi connectivity index (χ1n) is 7.03. The molecule has 1 unspecified atom stereocenters. The second kappa shape index (κ2) is 5.20. The maximum atomic E-state index is 11.3. The van der Waals surface area contributed by atoms with Crippen LogP contribution in [-0.2, 0) is 4.79 Å². The minimum atomic E-state index is -0.693. The highest BCUT2D eigenvalue weighted by Crippen LogP contribution is 2.47. The highest BCUT2D eigenvalue weighted by Gasteiger charge is 2.41. The quantitative estimate of drug-likeness (QED) is 0.837. The maximum Gasteiger partial charge on any atom is 0.320 e. The summed E-state index contributed by atoms with van der Waals surface area (Å²) in [6.45, 7) is 11.2. The molecule has 0 bridgehead atoms. The summed E-state index contributed by atoms with van der Waals surface area (Å²) in [4.78, 5) is 13.4. The van der Waals surface area contributed by atoms with E-state index in [9.17, 15) is 9.90 Å². The van der Waals surface area contributed by atoms with Gasteiger partial charge in [0.1, 0.15) is 6.04 Å². The molecule has 1 rings (SSSR count). The van der Waals surface area contributed by atoms with E-state index in [4.69, 9.17) is 0 Å². The lowest BCUT2D eigenvalue weighted by molar-refractivity contribution is -0.145. The standard InChI is InChI=1S/C15H29NO2/c1-7-12(13(17)18)16(6)11-8-14(2,3)10-15(4,5)9-11/h11-12H,7-10H2,1-6H3,(H,17,18). The third kappa shape index (κ3) is 3.71. The first kappa shape index (κ1) is 15.5. The van der Waals surface area contributed by atoms with Crippen molar-refractivity contribution >= 4 is 5.97 Å². The van der Waals surface area contributed by atoms with Crippen LogP contribution in [0.25, 0.3) is 0 Å². The van der Waals surface area contributed by atoms with E-state index in [-0.39, 0.29) is 6.04 Å². The van der Waals surface area contributed by atoms with Gasteiger partial charge in [-0.15, -0.1) is 0 Å². The molecule has 0 amide bonds. The van der Waals surface area contributed by atoms with Crippen molar-refractivity contribution in [1.82, 2.24) is 4.90 Å². The Kier molecular flexibility index (Phi) is 4.47. The minimum absolute atomic E-state index is 0.303. The van der Waals surface area contributed by atoms with Crippen LogP contribution >= 0.6 is 0 Å². The van der Waals surface area contributed by atoms with Crippen LogP contribution in [0.4, 0.5) is 0 Å².